The van der Waals surface area contributed by atoms with Gasteiger partial charge in [0.05, 0.1) is 19.2 Å². The van der Waals surface area contributed by atoms with Crippen LogP contribution in [0.15, 0.2) is 50.5 Å². The maximum atomic E-state index is 14.5. The van der Waals surface area contributed by atoms with Crippen molar-refractivity contribution < 1.29 is 32.6 Å². The van der Waals surface area contributed by atoms with Crippen molar-refractivity contribution in [2.24, 2.45) is 4.99 Å². The summed E-state index contributed by atoms with van der Waals surface area (Å²) < 4.78 is 48.2. The largest absolute Gasteiger partial charge is 0.481 e. The highest BCUT2D eigenvalue weighted by Crippen LogP contribution is 2.38. The smallest absolute Gasteiger partial charge is 0.338 e. The summed E-state index contributed by atoms with van der Waals surface area (Å²) in [6.07, 6.45) is 1.37. The third kappa shape index (κ3) is 6.39. The molecule has 0 bridgehead atoms. The molecule has 0 saturated carbocycles. The predicted molar refractivity (Wildman–Crippen MR) is 134 cm³/mol. The Morgan fingerprint density at radius 2 is 2.16 bits per heavy atom. The molecule has 1 saturated heterocycles. The van der Waals surface area contributed by atoms with Crippen molar-refractivity contribution in [3.63, 3.8) is 0 Å². The number of piperidine rings is 1. The second-order valence-corrected chi connectivity index (χ2v) is 10.5. The third-order valence-corrected chi connectivity index (χ3v) is 7.74. The highest BCUT2D eigenvalue weighted by atomic mass is 79.9. The number of aromatic nitrogens is 1. The number of ether oxygens (including phenoxy) is 1. The van der Waals surface area contributed by atoms with Crippen molar-refractivity contribution in [2.75, 3.05) is 20.2 Å². The number of halogens is 4. The van der Waals surface area contributed by atoms with E-state index in [-0.39, 0.29) is 43.5 Å². The maximum absolute atomic E-state index is 14.5. The Bertz CT molecular complexity index is 1240. The molecule has 8 nitrogen and oxygen atoms in total. The zero-order chi connectivity index (χ0) is 26.7. The second-order valence-electron chi connectivity index (χ2n) is 8.78. The van der Waals surface area contributed by atoms with E-state index in [2.05, 4.69) is 31.2 Å². The van der Waals surface area contributed by atoms with Crippen molar-refractivity contribution in [3.05, 3.63) is 61.9 Å². The molecule has 3 heterocycles. The Labute approximate surface area is 223 Å². The summed E-state index contributed by atoms with van der Waals surface area (Å²) in [7, 11) is 1.20. The van der Waals surface area contributed by atoms with Gasteiger partial charge in [0.1, 0.15) is 11.9 Å². The van der Waals surface area contributed by atoms with E-state index in [4.69, 9.17) is 9.84 Å². The van der Waals surface area contributed by atoms with Crippen LogP contribution >= 0.6 is 27.3 Å². The summed E-state index contributed by atoms with van der Waals surface area (Å²) in [5, 5.41) is 14.5. The van der Waals surface area contributed by atoms with E-state index in [1.54, 1.807) is 11.6 Å². The number of hydrogen-bond donors (Lipinski definition) is 2. The van der Waals surface area contributed by atoms with Gasteiger partial charge in [0.15, 0.2) is 10.8 Å². The number of carboxylic acid groups (broad SMARTS) is 1. The molecule has 2 aliphatic rings. The van der Waals surface area contributed by atoms with Gasteiger partial charge in [0.2, 0.25) is 0 Å². The standard InChI is InChI=1S/C24H24BrF3N4O4S/c1-36-23(35)19-17(11-32-12-24(27,28)7-6-14(32)3-5-18(33)34)30-21(22-29-8-9-37-22)31-20(19)15-4-2-13(26)10-16(15)25/h2,4,8-10,14,20H,3,5-7,11-12H2,1H3,(H,30,31)(H,33,34)/t14-,20+/m1/s1. The third-order valence-electron chi connectivity index (χ3n) is 6.27. The fraction of sp³-hybridized carbons (Fsp3) is 0.417. The van der Waals surface area contributed by atoms with Gasteiger partial charge in [-0.1, -0.05) is 22.0 Å². The molecule has 0 radical (unpaired) electrons. The summed E-state index contributed by atoms with van der Waals surface area (Å²) in [5.74, 6) is -4.87. The number of aliphatic imine (C=N–C) groups is 1. The van der Waals surface area contributed by atoms with Crippen molar-refractivity contribution in [3.8, 4) is 0 Å². The number of likely N-dealkylation sites (tertiary alicyclic amines) is 1. The van der Waals surface area contributed by atoms with Gasteiger partial charge in [-0.2, -0.15) is 0 Å². The molecule has 1 fully saturated rings. The Balaban J connectivity index is 1.79. The molecule has 2 N–H and O–H groups in total. The number of alkyl halides is 2. The molecule has 2 atom stereocenters. The van der Waals surface area contributed by atoms with Gasteiger partial charge in [-0.3, -0.25) is 14.7 Å². The van der Waals surface area contributed by atoms with Crippen LogP contribution < -0.4 is 5.32 Å². The number of amidine groups is 1. The number of aliphatic carboxylic acids is 1. The van der Waals surface area contributed by atoms with E-state index in [1.807, 2.05) is 0 Å². The minimum atomic E-state index is -2.97. The average Bonchev–Trinajstić information content (AvgIpc) is 3.37. The minimum Gasteiger partial charge on any atom is -0.481 e. The SMILES string of the molecule is COC(=O)C1=C(CN2CC(F)(F)CC[C@H]2CCC(=O)O)NC(c2nccs2)=N[C@H]1c1ccc(F)cc1Br. The molecule has 0 aliphatic carbocycles. The van der Waals surface area contributed by atoms with Crippen molar-refractivity contribution >= 4 is 45.0 Å². The number of methoxy groups -OCH3 is 1. The number of carbonyl (C=O) groups is 2. The summed E-state index contributed by atoms with van der Waals surface area (Å²) in [4.78, 5) is 34.7. The van der Waals surface area contributed by atoms with E-state index in [0.29, 0.717) is 20.9 Å². The summed E-state index contributed by atoms with van der Waals surface area (Å²) in [5.41, 5.74) is 0.841. The quantitative estimate of drug-likeness (QED) is 0.429. The van der Waals surface area contributed by atoms with Crippen LogP contribution in [-0.4, -0.2) is 64.9 Å². The van der Waals surface area contributed by atoms with Crippen molar-refractivity contribution in [1.29, 1.82) is 0 Å². The monoisotopic (exact) mass is 600 g/mol. The Hall–Kier alpha value is -2.77. The van der Waals surface area contributed by atoms with E-state index in [0.717, 1.165) is 0 Å². The molecule has 198 valence electrons. The first-order chi connectivity index (χ1) is 17.6. The highest BCUT2D eigenvalue weighted by Gasteiger charge is 2.42. The lowest BCUT2D eigenvalue weighted by molar-refractivity contribution is -0.138. The van der Waals surface area contributed by atoms with E-state index in [9.17, 15) is 22.8 Å². The summed E-state index contributed by atoms with van der Waals surface area (Å²) in [6, 6.07) is 2.60. The Kier molecular flexibility index (Phi) is 8.34. The molecule has 13 heteroatoms. The first-order valence-corrected chi connectivity index (χ1v) is 13.1. The number of thiazole rings is 1. The molecule has 1 aromatic carbocycles. The van der Waals surface area contributed by atoms with Gasteiger partial charge in [-0.15, -0.1) is 11.3 Å². The van der Waals surface area contributed by atoms with Gasteiger partial charge in [0.25, 0.3) is 5.92 Å². The minimum absolute atomic E-state index is 0.0842. The number of rotatable bonds is 8. The molecule has 0 unspecified atom stereocenters. The van der Waals surface area contributed by atoms with Crippen molar-refractivity contribution in [2.45, 2.75) is 43.7 Å². The van der Waals surface area contributed by atoms with Crippen LogP contribution in [0.5, 0.6) is 0 Å². The van der Waals surface area contributed by atoms with Crippen molar-refractivity contribution in [1.82, 2.24) is 15.2 Å². The van der Waals surface area contributed by atoms with Gasteiger partial charge >= 0.3 is 11.9 Å². The predicted octanol–water partition coefficient (Wildman–Crippen LogP) is 4.53. The zero-order valence-electron chi connectivity index (χ0n) is 19.7. The van der Waals surface area contributed by atoms with Crippen LogP contribution in [0.4, 0.5) is 13.2 Å². The number of nitrogens with one attached hydrogen (secondary N) is 1. The maximum Gasteiger partial charge on any atom is 0.338 e. The first-order valence-electron chi connectivity index (χ1n) is 11.4. The van der Waals surface area contributed by atoms with Gasteiger partial charge in [-0.05, 0) is 30.5 Å². The van der Waals surface area contributed by atoms with Crippen LogP contribution in [-0.2, 0) is 14.3 Å². The number of hydrogen-bond acceptors (Lipinski definition) is 8. The van der Waals surface area contributed by atoms with Gasteiger partial charge in [-0.25, -0.2) is 22.9 Å². The van der Waals surface area contributed by atoms with Crippen LogP contribution in [0.2, 0.25) is 0 Å². The molecule has 2 aliphatic heterocycles. The lowest BCUT2D eigenvalue weighted by Gasteiger charge is -2.41. The molecule has 2 aromatic rings. The molecule has 1 aromatic heterocycles. The van der Waals surface area contributed by atoms with Crippen LogP contribution in [0, 0.1) is 5.82 Å². The van der Waals surface area contributed by atoms with E-state index in [1.165, 1.54) is 41.5 Å². The summed E-state index contributed by atoms with van der Waals surface area (Å²) >= 11 is 4.64. The number of carbonyl (C=O) groups excluding carboxylic acids is 1. The molecule has 0 amide bonds. The molecule has 37 heavy (non-hydrogen) atoms. The number of benzene rings is 1. The van der Waals surface area contributed by atoms with Crippen LogP contribution in [0.3, 0.4) is 0 Å². The Morgan fingerprint density at radius 1 is 1.38 bits per heavy atom. The number of carboxylic acids is 1. The fourth-order valence-corrected chi connectivity index (χ4v) is 5.69. The molecule has 0 spiro atoms. The van der Waals surface area contributed by atoms with Crippen LogP contribution in [0.1, 0.15) is 42.3 Å². The molecule has 4 rings (SSSR count). The molecular weight excluding hydrogens is 577 g/mol. The van der Waals surface area contributed by atoms with E-state index < -0.39 is 42.3 Å². The normalized spacial score (nSPS) is 21.8. The average molecular weight is 601 g/mol. The number of esters is 1. The lowest BCUT2D eigenvalue weighted by Crippen LogP contribution is -2.51. The van der Waals surface area contributed by atoms with Crippen LogP contribution in [0.25, 0.3) is 0 Å². The topological polar surface area (TPSA) is 104 Å². The Morgan fingerprint density at radius 3 is 2.81 bits per heavy atom. The molecular formula is C24H24BrF3N4O4S. The fourth-order valence-electron chi connectivity index (χ4n) is 4.54. The second kappa shape index (κ2) is 11.3. The lowest BCUT2D eigenvalue weighted by atomic mass is 9.92. The zero-order valence-corrected chi connectivity index (χ0v) is 22.1. The van der Waals surface area contributed by atoms with E-state index >= 15 is 0 Å². The van der Waals surface area contributed by atoms with Gasteiger partial charge in [0, 0.05) is 47.2 Å². The highest BCUT2D eigenvalue weighted by molar-refractivity contribution is 9.10. The first kappa shape index (κ1) is 27.3. The van der Waals surface area contributed by atoms with Gasteiger partial charge < -0.3 is 15.2 Å². The number of nitrogens with zero attached hydrogens (tertiary/aromatic N) is 3. The summed E-state index contributed by atoms with van der Waals surface area (Å²) in [6.45, 7) is -0.699.